The summed E-state index contributed by atoms with van der Waals surface area (Å²) in [6.07, 6.45) is 0. The number of rotatable bonds is 5. The molecule has 0 radical (unpaired) electrons. The first kappa shape index (κ1) is 15.1. The van der Waals surface area contributed by atoms with Gasteiger partial charge in [-0.25, -0.2) is 9.18 Å². The molecule has 3 N–H and O–H groups in total. The van der Waals surface area contributed by atoms with Crippen LogP contribution in [-0.2, 0) is 4.79 Å². The molecule has 0 saturated carbocycles. The molecular formula is C14H13FN2O3S. The Bertz CT molecular complexity index is 685. The van der Waals surface area contributed by atoms with Crippen LogP contribution in [0.1, 0.15) is 16.2 Å². The number of nitrogens with one attached hydrogen (secondary N) is 2. The largest absolute Gasteiger partial charge is 0.477 e. The van der Waals surface area contributed by atoms with Crippen molar-refractivity contribution < 1.29 is 19.1 Å². The number of aromatic carboxylic acids is 1. The standard InChI is InChI=1S/C14H13FN2O3S/c1-8-6-10(13(16-8)14(19)20)17-12(18)7-21-11-5-3-2-4-9(11)15/h2-6,16H,7H2,1H3,(H,17,18)(H,19,20). The third-order valence-electron chi connectivity index (χ3n) is 2.64. The van der Waals surface area contributed by atoms with Crippen molar-refractivity contribution in [2.24, 2.45) is 0 Å². The van der Waals surface area contributed by atoms with Crippen molar-refractivity contribution in [1.29, 1.82) is 0 Å². The average molecular weight is 308 g/mol. The molecule has 5 nitrogen and oxygen atoms in total. The van der Waals surface area contributed by atoms with E-state index in [-0.39, 0.29) is 23.0 Å². The number of aromatic nitrogens is 1. The summed E-state index contributed by atoms with van der Waals surface area (Å²) in [7, 11) is 0. The van der Waals surface area contributed by atoms with E-state index in [2.05, 4.69) is 10.3 Å². The number of carboxylic acid groups (broad SMARTS) is 1. The van der Waals surface area contributed by atoms with Crippen molar-refractivity contribution in [3.8, 4) is 0 Å². The van der Waals surface area contributed by atoms with Crippen LogP contribution in [0.3, 0.4) is 0 Å². The van der Waals surface area contributed by atoms with E-state index in [1.54, 1.807) is 25.1 Å². The molecule has 0 aliphatic carbocycles. The Hall–Kier alpha value is -2.28. The number of hydrogen-bond donors (Lipinski definition) is 3. The number of aryl methyl sites for hydroxylation is 1. The molecule has 2 rings (SSSR count). The van der Waals surface area contributed by atoms with E-state index in [1.165, 1.54) is 12.1 Å². The zero-order valence-corrected chi connectivity index (χ0v) is 12.0. The molecule has 0 aliphatic rings. The van der Waals surface area contributed by atoms with E-state index in [0.29, 0.717) is 10.6 Å². The number of carbonyl (C=O) groups excluding carboxylic acids is 1. The maximum Gasteiger partial charge on any atom is 0.354 e. The van der Waals surface area contributed by atoms with Crippen molar-refractivity contribution in [3.63, 3.8) is 0 Å². The highest BCUT2D eigenvalue weighted by Crippen LogP contribution is 2.22. The fourth-order valence-corrected chi connectivity index (χ4v) is 2.49. The molecule has 2 aromatic rings. The van der Waals surface area contributed by atoms with Crippen LogP contribution in [0.4, 0.5) is 10.1 Å². The number of halogens is 1. The molecule has 0 spiro atoms. The lowest BCUT2D eigenvalue weighted by Crippen LogP contribution is -2.16. The fourth-order valence-electron chi connectivity index (χ4n) is 1.75. The number of benzene rings is 1. The van der Waals surface area contributed by atoms with Crippen molar-refractivity contribution in [3.05, 3.63) is 47.5 Å². The second kappa shape index (κ2) is 6.45. The molecule has 0 unspecified atom stereocenters. The van der Waals surface area contributed by atoms with Crippen LogP contribution in [-0.4, -0.2) is 27.7 Å². The average Bonchev–Trinajstić information content (AvgIpc) is 2.79. The maximum absolute atomic E-state index is 13.4. The normalized spacial score (nSPS) is 10.4. The van der Waals surface area contributed by atoms with E-state index in [4.69, 9.17) is 5.11 Å². The van der Waals surface area contributed by atoms with Crippen LogP contribution in [0, 0.1) is 12.7 Å². The van der Waals surface area contributed by atoms with Gasteiger partial charge >= 0.3 is 5.97 Å². The molecule has 0 saturated heterocycles. The smallest absolute Gasteiger partial charge is 0.354 e. The first-order valence-corrected chi connectivity index (χ1v) is 7.06. The van der Waals surface area contributed by atoms with Crippen molar-refractivity contribution >= 4 is 29.3 Å². The highest BCUT2D eigenvalue weighted by atomic mass is 32.2. The maximum atomic E-state index is 13.4. The third kappa shape index (κ3) is 3.85. The van der Waals surface area contributed by atoms with E-state index in [1.807, 2.05) is 0 Å². The molecule has 1 aromatic heterocycles. The number of carboxylic acids is 1. The summed E-state index contributed by atoms with van der Waals surface area (Å²) in [6.45, 7) is 1.69. The van der Waals surface area contributed by atoms with Crippen molar-refractivity contribution in [1.82, 2.24) is 4.98 Å². The third-order valence-corrected chi connectivity index (χ3v) is 3.68. The van der Waals surface area contributed by atoms with Crippen LogP contribution < -0.4 is 5.32 Å². The number of carbonyl (C=O) groups is 2. The summed E-state index contributed by atoms with van der Waals surface area (Å²) >= 11 is 1.05. The van der Waals surface area contributed by atoms with Crippen LogP contribution >= 0.6 is 11.8 Å². The minimum atomic E-state index is -1.15. The minimum Gasteiger partial charge on any atom is -0.477 e. The van der Waals surface area contributed by atoms with Gasteiger partial charge in [0.1, 0.15) is 11.5 Å². The molecule has 21 heavy (non-hydrogen) atoms. The quantitative estimate of drug-likeness (QED) is 0.742. The monoisotopic (exact) mass is 308 g/mol. The molecule has 1 heterocycles. The second-order valence-electron chi connectivity index (χ2n) is 4.31. The topological polar surface area (TPSA) is 82.2 Å². The number of thioether (sulfide) groups is 1. The van der Waals surface area contributed by atoms with Gasteiger partial charge in [0.05, 0.1) is 11.4 Å². The molecule has 0 bridgehead atoms. The van der Waals surface area contributed by atoms with Gasteiger partial charge in [-0.3, -0.25) is 4.79 Å². The Morgan fingerprint density at radius 3 is 2.76 bits per heavy atom. The Balaban J connectivity index is 1.99. The number of amides is 1. The number of hydrogen-bond acceptors (Lipinski definition) is 3. The van der Waals surface area contributed by atoms with E-state index in [9.17, 15) is 14.0 Å². The first-order chi connectivity index (χ1) is 9.97. The van der Waals surface area contributed by atoms with Crippen LogP contribution in [0.5, 0.6) is 0 Å². The number of anilines is 1. The molecule has 0 fully saturated rings. The molecular weight excluding hydrogens is 295 g/mol. The summed E-state index contributed by atoms with van der Waals surface area (Å²) in [5, 5.41) is 11.5. The Morgan fingerprint density at radius 2 is 2.10 bits per heavy atom. The van der Waals surface area contributed by atoms with E-state index < -0.39 is 11.9 Å². The van der Waals surface area contributed by atoms with Gasteiger partial charge in [0, 0.05) is 10.6 Å². The Kier molecular flexibility index (Phi) is 4.64. The van der Waals surface area contributed by atoms with Crippen LogP contribution in [0.2, 0.25) is 0 Å². The summed E-state index contributed by atoms with van der Waals surface area (Å²) in [6, 6.07) is 7.69. The molecule has 0 atom stereocenters. The van der Waals surface area contributed by atoms with Gasteiger partial charge in [-0.1, -0.05) is 12.1 Å². The fraction of sp³-hybridized carbons (Fsp3) is 0.143. The first-order valence-electron chi connectivity index (χ1n) is 6.07. The lowest BCUT2D eigenvalue weighted by Gasteiger charge is -2.05. The SMILES string of the molecule is Cc1cc(NC(=O)CSc2ccccc2F)c(C(=O)O)[nH]1. The van der Waals surface area contributed by atoms with E-state index in [0.717, 1.165) is 11.8 Å². The summed E-state index contributed by atoms with van der Waals surface area (Å²) in [5.74, 6) is -1.95. The highest BCUT2D eigenvalue weighted by Gasteiger charge is 2.15. The van der Waals surface area contributed by atoms with Gasteiger partial charge in [0.25, 0.3) is 0 Å². The lowest BCUT2D eigenvalue weighted by molar-refractivity contribution is -0.113. The molecule has 1 aromatic carbocycles. The molecule has 1 amide bonds. The predicted octanol–water partition coefficient (Wildman–Crippen LogP) is 2.89. The summed E-state index contributed by atoms with van der Waals surface area (Å²) < 4.78 is 13.4. The number of H-pyrrole nitrogens is 1. The Labute approximate surface area is 124 Å². The molecule has 0 aliphatic heterocycles. The zero-order valence-electron chi connectivity index (χ0n) is 11.1. The lowest BCUT2D eigenvalue weighted by atomic mass is 10.3. The van der Waals surface area contributed by atoms with Crippen molar-refractivity contribution in [2.75, 3.05) is 11.1 Å². The van der Waals surface area contributed by atoms with Gasteiger partial charge in [0.2, 0.25) is 5.91 Å². The summed E-state index contributed by atoms with van der Waals surface area (Å²) in [5.41, 5.74) is 0.764. The highest BCUT2D eigenvalue weighted by molar-refractivity contribution is 8.00. The number of aromatic amines is 1. The van der Waals surface area contributed by atoms with Gasteiger partial charge < -0.3 is 15.4 Å². The van der Waals surface area contributed by atoms with Crippen molar-refractivity contribution in [2.45, 2.75) is 11.8 Å². The second-order valence-corrected chi connectivity index (χ2v) is 5.33. The van der Waals surface area contributed by atoms with Gasteiger partial charge in [-0.15, -0.1) is 11.8 Å². The van der Waals surface area contributed by atoms with Crippen LogP contribution in [0.25, 0.3) is 0 Å². The molecule has 7 heteroatoms. The summed E-state index contributed by atoms with van der Waals surface area (Å²) in [4.78, 5) is 25.8. The van der Waals surface area contributed by atoms with Gasteiger partial charge in [-0.2, -0.15) is 0 Å². The predicted molar refractivity (Wildman–Crippen MR) is 78.2 cm³/mol. The van der Waals surface area contributed by atoms with Crippen LogP contribution in [0.15, 0.2) is 35.2 Å². The van der Waals surface area contributed by atoms with E-state index >= 15 is 0 Å². The van der Waals surface area contributed by atoms with Gasteiger partial charge in [-0.05, 0) is 25.1 Å². The van der Waals surface area contributed by atoms with Gasteiger partial charge in [0.15, 0.2) is 0 Å². The Morgan fingerprint density at radius 1 is 1.38 bits per heavy atom. The zero-order chi connectivity index (χ0) is 15.4. The molecule has 110 valence electrons. The minimum absolute atomic E-state index is 0.00970.